The number of nitrogens with one attached hydrogen (secondary N) is 2. The molecule has 0 spiro atoms. The second-order valence-corrected chi connectivity index (χ2v) is 4.31. The first kappa shape index (κ1) is 15.2. The second kappa shape index (κ2) is 7.56. The molecule has 0 radical (unpaired) electrons. The number of carbonyl (C=O) groups excluding carboxylic acids is 1. The van der Waals surface area contributed by atoms with Gasteiger partial charge in [0.05, 0.1) is 6.54 Å². The molecule has 0 saturated carbocycles. The molecule has 0 bridgehead atoms. The Hall–Kier alpha value is -1.85. The van der Waals surface area contributed by atoms with Gasteiger partial charge in [-0.25, -0.2) is 4.98 Å². The van der Waals surface area contributed by atoms with Gasteiger partial charge in [0, 0.05) is 31.9 Å². The Bertz CT molecular complexity index is 421. The van der Waals surface area contributed by atoms with Crippen LogP contribution in [-0.2, 0) is 4.79 Å². The van der Waals surface area contributed by atoms with Gasteiger partial charge in [-0.05, 0) is 20.3 Å². The molecule has 6 heteroatoms. The molecule has 1 rings (SSSR count). The van der Waals surface area contributed by atoms with Gasteiger partial charge in [0.25, 0.3) is 0 Å². The lowest BCUT2D eigenvalue weighted by molar-refractivity contribution is -0.119. The van der Waals surface area contributed by atoms with Crippen LogP contribution in [0.2, 0.25) is 0 Å². The Morgan fingerprint density at radius 3 is 2.74 bits per heavy atom. The average Bonchev–Trinajstić information content (AvgIpc) is 2.43. The van der Waals surface area contributed by atoms with Crippen LogP contribution in [0.15, 0.2) is 6.20 Å². The predicted octanol–water partition coefficient (Wildman–Crippen LogP) is 1.18. The van der Waals surface area contributed by atoms with Crippen LogP contribution in [0.4, 0.5) is 11.8 Å². The van der Waals surface area contributed by atoms with E-state index in [1.807, 2.05) is 18.7 Å². The van der Waals surface area contributed by atoms with Crippen LogP contribution in [0.5, 0.6) is 0 Å². The molecule has 0 unspecified atom stereocenters. The van der Waals surface area contributed by atoms with Crippen molar-refractivity contribution in [3.8, 4) is 0 Å². The maximum atomic E-state index is 11.5. The molecule has 0 saturated heterocycles. The first-order chi connectivity index (χ1) is 9.12. The van der Waals surface area contributed by atoms with E-state index in [0.29, 0.717) is 12.5 Å². The minimum atomic E-state index is -0.0251. The van der Waals surface area contributed by atoms with Crippen LogP contribution < -0.4 is 15.5 Å². The molecule has 6 nitrogen and oxygen atoms in total. The third kappa shape index (κ3) is 4.39. The molecule has 1 amide bonds. The van der Waals surface area contributed by atoms with Crippen LogP contribution in [0.1, 0.15) is 25.8 Å². The molecule has 0 aliphatic heterocycles. The summed E-state index contributed by atoms with van der Waals surface area (Å²) in [5.41, 5.74) is 0.966. The molecule has 19 heavy (non-hydrogen) atoms. The van der Waals surface area contributed by atoms with Crippen LogP contribution in [0.3, 0.4) is 0 Å². The largest absolute Gasteiger partial charge is 0.358 e. The molecular weight excluding hydrogens is 242 g/mol. The average molecular weight is 265 g/mol. The zero-order valence-electron chi connectivity index (χ0n) is 12.2. The van der Waals surface area contributed by atoms with Crippen LogP contribution in [-0.4, -0.2) is 42.6 Å². The second-order valence-electron chi connectivity index (χ2n) is 4.31. The van der Waals surface area contributed by atoms with E-state index in [1.165, 1.54) is 0 Å². The highest BCUT2D eigenvalue weighted by atomic mass is 16.1. The fourth-order valence-electron chi connectivity index (χ4n) is 1.66. The van der Waals surface area contributed by atoms with Gasteiger partial charge in [-0.3, -0.25) is 4.79 Å². The lowest BCUT2D eigenvalue weighted by Gasteiger charge is -2.23. The number of likely N-dealkylation sites (N-methyl/N-ethyl adjacent to an activating group) is 2. The normalized spacial score (nSPS) is 10.1. The number of aromatic nitrogens is 2. The number of amides is 1. The van der Waals surface area contributed by atoms with Gasteiger partial charge in [0.1, 0.15) is 5.82 Å². The Labute approximate surface area is 114 Å². The monoisotopic (exact) mass is 265 g/mol. The highest BCUT2D eigenvalue weighted by Crippen LogP contribution is 2.17. The number of hydrogen-bond donors (Lipinski definition) is 2. The molecule has 2 N–H and O–H groups in total. The van der Waals surface area contributed by atoms with Crippen molar-refractivity contribution in [3.63, 3.8) is 0 Å². The number of rotatable bonds is 7. The fourth-order valence-corrected chi connectivity index (χ4v) is 1.66. The van der Waals surface area contributed by atoms with Gasteiger partial charge in [0.15, 0.2) is 0 Å². The molecule has 1 aromatic heterocycles. The summed E-state index contributed by atoms with van der Waals surface area (Å²) in [7, 11) is 1.64. The molecule has 1 heterocycles. The lowest BCUT2D eigenvalue weighted by Crippen LogP contribution is -2.36. The summed E-state index contributed by atoms with van der Waals surface area (Å²) >= 11 is 0. The van der Waals surface area contributed by atoms with E-state index in [4.69, 9.17) is 0 Å². The molecule has 0 atom stereocenters. The summed E-state index contributed by atoms with van der Waals surface area (Å²) in [4.78, 5) is 22.2. The third-order valence-electron chi connectivity index (χ3n) is 2.77. The number of anilines is 2. The maximum Gasteiger partial charge on any atom is 0.239 e. The predicted molar refractivity (Wildman–Crippen MR) is 77.5 cm³/mol. The van der Waals surface area contributed by atoms with Crippen molar-refractivity contribution in [2.75, 3.05) is 36.9 Å². The molecule has 0 aromatic carbocycles. The molecular formula is C13H23N5O. The van der Waals surface area contributed by atoms with Crippen molar-refractivity contribution in [1.82, 2.24) is 15.3 Å². The van der Waals surface area contributed by atoms with Crippen LogP contribution in [0.25, 0.3) is 0 Å². The van der Waals surface area contributed by atoms with Gasteiger partial charge in [-0.2, -0.15) is 4.98 Å². The molecule has 106 valence electrons. The molecule has 0 aliphatic rings. The minimum absolute atomic E-state index is 0.0251. The molecule has 0 fully saturated rings. The third-order valence-corrected chi connectivity index (χ3v) is 2.77. The summed E-state index contributed by atoms with van der Waals surface area (Å²) in [5.74, 6) is 1.39. The highest BCUT2D eigenvalue weighted by molar-refractivity contribution is 5.80. The van der Waals surface area contributed by atoms with E-state index in [2.05, 4.69) is 27.5 Å². The number of hydrogen-bond acceptors (Lipinski definition) is 5. The first-order valence-corrected chi connectivity index (χ1v) is 6.65. The van der Waals surface area contributed by atoms with Crippen molar-refractivity contribution in [2.24, 2.45) is 0 Å². The Kier molecular flexibility index (Phi) is 6.05. The number of nitrogens with zero attached hydrogens (tertiary/aromatic N) is 3. The quantitative estimate of drug-likeness (QED) is 0.774. The van der Waals surface area contributed by atoms with Crippen molar-refractivity contribution in [2.45, 2.75) is 27.2 Å². The van der Waals surface area contributed by atoms with E-state index in [9.17, 15) is 4.79 Å². The van der Waals surface area contributed by atoms with Gasteiger partial charge < -0.3 is 15.5 Å². The standard InChI is InChI=1S/C13H23N5O/c1-5-7-15-13-16-8-10(3)12(17-13)18(6-2)9-11(19)14-4/h8H,5-7,9H2,1-4H3,(H,14,19)(H,15,16,17). The topological polar surface area (TPSA) is 70.2 Å². The van der Waals surface area contributed by atoms with Gasteiger partial charge in [-0.1, -0.05) is 6.92 Å². The van der Waals surface area contributed by atoms with E-state index >= 15 is 0 Å². The number of carbonyl (C=O) groups is 1. The summed E-state index contributed by atoms with van der Waals surface area (Å²) in [5, 5.41) is 5.79. The van der Waals surface area contributed by atoms with Crippen LogP contribution >= 0.6 is 0 Å². The fraction of sp³-hybridized carbons (Fsp3) is 0.615. The highest BCUT2D eigenvalue weighted by Gasteiger charge is 2.13. The Balaban J connectivity index is 2.91. The summed E-state index contributed by atoms with van der Waals surface area (Å²) < 4.78 is 0. The zero-order valence-corrected chi connectivity index (χ0v) is 12.2. The molecule has 1 aromatic rings. The van der Waals surface area contributed by atoms with E-state index in [-0.39, 0.29) is 5.91 Å². The number of aryl methyl sites for hydroxylation is 1. The lowest BCUT2D eigenvalue weighted by atomic mass is 10.3. The summed E-state index contributed by atoms with van der Waals surface area (Å²) in [6.45, 7) is 7.90. The van der Waals surface area contributed by atoms with Crippen molar-refractivity contribution >= 4 is 17.7 Å². The van der Waals surface area contributed by atoms with Crippen molar-refractivity contribution < 1.29 is 4.79 Å². The summed E-state index contributed by atoms with van der Waals surface area (Å²) in [6.07, 6.45) is 2.80. The molecule has 0 aliphatic carbocycles. The van der Waals surface area contributed by atoms with Crippen molar-refractivity contribution in [1.29, 1.82) is 0 Å². The Morgan fingerprint density at radius 1 is 1.42 bits per heavy atom. The van der Waals surface area contributed by atoms with E-state index in [1.54, 1.807) is 13.2 Å². The van der Waals surface area contributed by atoms with Crippen LogP contribution in [0, 0.1) is 6.92 Å². The van der Waals surface area contributed by atoms with Gasteiger partial charge in [0.2, 0.25) is 11.9 Å². The Morgan fingerprint density at radius 2 is 2.16 bits per heavy atom. The van der Waals surface area contributed by atoms with Gasteiger partial charge >= 0.3 is 0 Å². The van der Waals surface area contributed by atoms with E-state index < -0.39 is 0 Å². The first-order valence-electron chi connectivity index (χ1n) is 6.65. The summed E-state index contributed by atoms with van der Waals surface area (Å²) in [6, 6.07) is 0. The SMILES string of the molecule is CCCNc1ncc(C)c(N(CC)CC(=O)NC)n1. The maximum absolute atomic E-state index is 11.5. The zero-order chi connectivity index (χ0) is 14.3. The van der Waals surface area contributed by atoms with Crippen molar-refractivity contribution in [3.05, 3.63) is 11.8 Å². The van der Waals surface area contributed by atoms with Gasteiger partial charge in [-0.15, -0.1) is 0 Å². The minimum Gasteiger partial charge on any atom is -0.358 e. The smallest absolute Gasteiger partial charge is 0.239 e. The van der Waals surface area contributed by atoms with E-state index in [0.717, 1.165) is 30.9 Å².